The van der Waals surface area contributed by atoms with Gasteiger partial charge in [0.1, 0.15) is 10.6 Å². The molecule has 1 aliphatic rings. The van der Waals surface area contributed by atoms with Gasteiger partial charge in [0.2, 0.25) is 0 Å². The summed E-state index contributed by atoms with van der Waals surface area (Å²) in [5, 5.41) is 13.2. The number of aryl methyl sites for hydroxylation is 1. The summed E-state index contributed by atoms with van der Waals surface area (Å²) in [6, 6.07) is 7.38. The smallest absolute Gasteiger partial charge is 0.267 e. The van der Waals surface area contributed by atoms with Crippen LogP contribution >= 0.6 is 11.5 Å². The van der Waals surface area contributed by atoms with Crippen LogP contribution in [0.15, 0.2) is 24.3 Å². The molecule has 21 heavy (non-hydrogen) atoms. The van der Waals surface area contributed by atoms with Crippen molar-refractivity contribution in [2.45, 2.75) is 25.7 Å². The van der Waals surface area contributed by atoms with Crippen molar-refractivity contribution in [3.8, 4) is 5.75 Å². The summed E-state index contributed by atoms with van der Waals surface area (Å²) in [4.78, 5) is 14.9. The maximum atomic E-state index is 12.4. The predicted molar refractivity (Wildman–Crippen MR) is 80.6 cm³/mol. The van der Waals surface area contributed by atoms with Crippen LogP contribution in [0.4, 0.5) is 0 Å². The van der Waals surface area contributed by atoms with E-state index in [0.717, 1.165) is 25.9 Å². The van der Waals surface area contributed by atoms with E-state index in [0.29, 0.717) is 22.2 Å². The lowest BCUT2D eigenvalue weighted by molar-refractivity contribution is 0.0717. The van der Waals surface area contributed by atoms with Gasteiger partial charge in [0.15, 0.2) is 0 Å². The summed E-state index contributed by atoms with van der Waals surface area (Å²) in [6.07, 6.45) is 1.89. The van der Waals surface area contributed by atoms with Gasteiger partial charge in [-0.25, -0.2) is 0 Å². The van der Waals surface area contributed by atoms with Crippen molar-refractivity contribution in [1.29, 1.82) is 0 Å². The fraction of sp³-hybridized carbons (Fsp3) is 0.400. The molecule has 5 nitrogen and oxygen atoms in total. The molecule has 1 N–H and O–H groups in total. The van der Waals surface area contributed by atoms with Crippen molar-refractivity contribution < 1.29 is 9.90 Å². The Bertz CT molecular complexity index is 631. The summed E-state index contributed by atoms with van der Waals surface area (Å²) in [7, 11) is 0. The SMILES string of the molecule is Cc1nnsc1C(=O)N1CCC(c2ccc(O)cc2)CC1. The largest absolute Gasteiger partial charge is 0.508 e. The molecular weight excluding hydrogens is 286 g/mol. The Labute approximate surface area is 127 Å². The van der Waals surface area contributed by atoms with Crippen LogP contribution in [-0.2, 0) is 0 Å². The molecule has 3 rings (SSSR count). The van der Waals surface area contributed by atoms with Gasteiger partial charge in [0.05, 0.1) is 5.69 Å². The Balaban J connectivity index is 1.64. The number of hydrogen-bond donors (Lipinski definition) is 1. The lowest BCUT2D eigenvalue weighted by Gasteiger charge is -2.32. The number of phenols is 1. The van der Waals surface area contributed by atoms with E-state index in [-0.39, 0.29) is 5.91 Å². The van der Waals surface area contributed by atoms with Gasteiger partial charge in [-0.15, -0.1) is 5.10 Å². The van der Waals surface area contributed by atoms with Crippen LogP contribution < -0.4 is 0 Å². The predicted octanol–water partition coefficient (Wildman–Crippen LogP) is 2.57. The first-order valence-electron chi connectivity index (χ1n) is 7.02. The zero-order valence-corrected chi connectivity index (χ0v) is 12.6. The fourth-order valence-electron chi connectivity index (χ4n) is 2.73. The monoisotopic (exact) mass is 303 g/mol. The van der Waals surface area contributed by atoms with Crippen molar-refractivity contribution in [3.63, 3.8) is 0 Å². The Morgan fingerprint density at radius 3 is 2.52 bits per heavy atom. The van der Waals surface area contributed by atoms with Crippen LogP contribution in [0.2, 0.25) is 0 Å². The number of phenolic OH excluding ortho intramolecular Hbond substituents is 1. The van der Waals surface area contributed by atoms with Gasteiger partial charge in [0.25, 0.3) is 5.91 Å². The van der Waals surface area contributed by atoms with E-state index in [2.05, 4.69) is 9.59 Å². The summed E-state index contributed by atoms with van der Waals surface area (Å²) in [5.74, 6) is 0.793. The molecule has 2 aromatic rings. The van der Waals surface area contributed by atoms with E-state index in [1.54, 1.807) is 12.1 Å². The third-order valence-corrected chi connectivity index (χ3v) is 4.81. The number of rotatable bonds is 2. The minimum atomic E-state index is 0.0478. The summed E-state index contributed by atoms with van der Waals surface area (Å²) in [6.45, 7) is 3.32. The molecular formula is C15H17N3O2S. The van der Waals surface area contributed by atoms with E-state index >= 15 is 0 Å². The van der Waals surface area contributed by atoms with E-state index < -0.39 is 0 Å². The quantitative estimate of drug-likeness (QED) is 0.926. The molecule has 0 saturated carbocycles. The first-order valence-corrected chi connectivity index (χ1v) is 7.79. The maximum absolute atomic E-state index is 12.4. The van der Waals surface area contributed by atoms with E-state index in [9.17, 15) is 9.90 Å². The minimum absolute atomic E-state index is 0.0478. The molecule has 1 saturated heterocycles. The van der Waals surface area contributed by atoms with Crippen LogP contribution in [0, 0.1) is 6.92 Å². The minimum Gasteiger partial charge on any atom is -0.508 e. The third kappa shape index (κ3) is 2.90. The van der Waals surface area contributed by atoms with Gasteiger partial charge in [-0.05, 0) is 54.9 Å². The Morgan fingerprint density at radius 1 is 1.29 bits per heavy atom. The Kier molecular flexibility index (Phi) is 3.88. The maximum Gasteiger partial charge on any atom is 0.267 e. The zero-order chi connectivity index (χ0) is 14.8. The topological polar surface area (TPSA) is 66.3 Å². The summed E-state index contributed by atoms with van der Waals surface area (Å²) < 4.78 is 3.83. The first kappa shape index (κ1) is 14.0. The molecule has 2 heterocycles. The average Bonchev–Trinajstić information content (AvgIpc) is 2.94. The van der Waals surface area contributed by atoms with E-state index in [1.807, 2.05) is 24.0 Å². The highest BCUT2D eigenvalue weighted by atomic mass is 32.1. The highest BCUT2D eigenvalue weighted by molar-refractivity contribution is 7.07. The number of aromatic nitrogens is 2. The number of carbonyl (C=O) groups excluding carboxylic acids is 1. The Hall–Kier alpha value is -1.95. The van der Waals surface area contributed by atoms with Crippen LogP contribution in [0.25, 0.3) is 0 Å². The number of carbonyl (C=O) groups is 1. The highest BCUT2D eigenvalue weighted by Gasteiger charge is 2.26. The molecule has 1 amide bonds. The molecule has 6 heteroatoms. The van der Waals surface area contributed by atoms with Crippen LogP contribution in [0.5, 0.6) is 5.75 Å². The molecule has 0 radical (unpaired) electrons. The molecule has 1 fully saturated rings. The summed E-state index contributed by atoms with van der Waals surface area (Å²) in [5.41, 5.74) is 1.95. The lowest BCUT2D eigenvalue weighted by Crippen LogP contribution is -2.37. The second kappa shape index (κ2) is 5.81. The van der Waals surface area contributed by atoms with Gasteiger partial charge in [0, 0.05) is 13.1 Å². The number of benzene rings is 1. The molecule has 0 atom stereocenters. The van der Waals surface area contributed by atoms with Crippen LogP contribution in [-0.4, -0.2) is 38.6 Å². The Morgan fingerprint density at radius 2 is 1.95 bits per heavy atom. The molecule has 0 spiro atoms. The van der Waals surface area contributed by atoms with Crippen LogP contribution in [0.1, 0.15) is 39.7 Å². The lowest BCUT2D eigenvalue weighted by atomic mass is 9.89. The molecule has 0 bridgehead atoms. The van der Waals surface area contributed by atoms with Crippen molar-refractivity contribution in [3.05, 3.63) is 40.4 Å². The van der Waals surface area contributed by atoms with Crippen LogP contribution in [0.3, 0.4) is 0 Å². The number of nitrogens with zero attached hydrogens (tertiary/aromatic N) is 3. The van der Waals surface area contributed by atoms with E-state index in [4.69, 9.17) is 0 Å². The third-order valence-electron chi connectivity index (χ3n) is 3.99. The van der Waals surface area contributed by atoms with Crippen molar-refractivity contribution in [2.75, 3.05) is 13.1 Å². The molecule has 0 unspecified atom stereocenters. The molecule has 1 aromatic heterocycles. The molecule has 1 aliphatic heterocycles. The first-order chi connectivity index (χ1) is 10.1. The van der Waals surface area contributed by atoms with Gasteiger partial charge in [-0.2, -0.15) is 0 Å². The van der Waals surface area contributed by atoms with Crippen molar-refractivity contribution in [1.82, 2.24) is 14.5 Å². The van der Waals surface area contributed by atoms with Crippen molar-refractivity contribution in [2.24, 2.45) is 0 Å². The number of piperidine rings is 1. The number of amides is 1. The number of aromatic hydroxyl groups is 1. The molecule has 110 valence electrons. The van der Waals surface area contributed by atoms with Gasteiger partial charge in [-0.1, -0.05) is 16.6 Å². The van der Waals surface area contributed by atoms with Gasteiger partial charge in [-0.3, -0.25) is 4.79 Å². The number of likely N-dealkylation sites (tertiary alicyclic amines) is 1. The normalized spacial score (nSPS) is 16.1. The standard InChI is InChI=1S/C15H17N3O2S/c1-10-14(21-17-16-10)15(20)18-8-6-12(7-9-18)11-2-4-13(19)5-3-11/h2-5,12,19H,6-9H2,1H3. The average molecular weight is 303 g/mol. The van der Waals surface area contributed by atoms with Gasteiger partial charge < -0.3 is 10.0 Å². The highest BCUT2D eigenvalue weighted by Crippen LogP contribution is 2.30. The number of hydrogen-bond acceptors (Lipinski definition) is 5. The van der Waals surface area contributed by atoms with E-state index in [1.165, 1.54) is 17.1 Å². The summed E-state index contributed by atoms with van der Waals surface area (Å²) >= 11 is 1.17. The fourth-order valence-corrected chi connectivity index (χ4v) is 3.36. The zero-order valence-electron chi connectivity index (χ0n) is 11.8. The second-order valence-electron chi connectivity index (χ2n) is 5.35. The molecule has 1 aromatic carbocycles. The van der Waals surface area contributed by atoms with Gasteiger partial charge >= 0.3 is 0 Å². The molecule has 0 aliphatic carbocycles. The van der Waals surface area contributed by atoms with Crippen molar-refractivity contribution >= 4 is 17.4 Å². The second-order valence-corrected chi connectivity index (χ2v) is 6.10.